The van der Waals surface area contributed by atoms with Gasteiger partial charge in [-0.3, -0.25) is 4.79 Å². The van der Waals surface area contributed by atoms with Crippen LogP contribution in [-0.4, -0.2) is 29.7 Å². The normalized spacial score (nSPS) is 9.93. The van der Waals surface area contributed by atoms with E-state index in [-0.39, 0.29) is 6.54 Å². The van der Waals surface area contributed by atoms with Crippen LogP contribution < -0.4 is 4.90 Å². The zero-order valence-corrected chi connectivity index (χ0v) is 8.61. The molecule has 4 nitrogen and oxygen atoms in total. The maximum atomic E-state index is 10.5. The molecule has 0 spiro atoms. The van der Waals surface area contributed by atoms with Gasteiger partial charge in [-0.05, 0) is 31.5 Å². The van der Waals surface area contributed by atoms with Crippen molar-refractivity contribution in [2.24, 2.45) is 0 Å². The summed E-state index contributed by atoms with van der Waals surface area (Å²) in [4.78, 5) is 16.3. The minimum atomic E-state index is -0.853. The average Bonchev–Trinajstić information content (AvgIpc) is 2.00. The number of rotatable bonds is 3. The van der Waals surface area contributed by atoms with E-state index in [1.807, 2.05) is 26.0 Å². The summed E-state index contributed by atoms with van der Waals surface area (Å²) in [5, 5.41) is 8.61. The Labute approximate surface area is 83.2 Å². The fourth-order valence-electron chi connectivity index (χ4n) is 1.30. The Hall–Kier alpha value is -1.58. The Morgan fingerprint density at radius 2 is 2.14 bits per heavy atom. The topological polar surface area (TPSA) is 53.4 Å². The van der Waals surface area contributed by atoms with E-state index in [1.54, 1.807) is 11.9 Å². The van der Waals surface area contributed by atoms with E-state index < -0.39 is 5.97 Å². The van der Waals surface area contributed by atoms with Crippen LogP contribution in [0.25, 0.3) is 0 Å². The SMILES string of the molecule is Cc1cc(C)nc(N(C)CC(=O)O)c1. The lowest BCUT2D eigenvalue weighted by molar-refractivity contribution is -0.135. The quantitative estimate of drug-likeness (QED) is 0.786. The Morgan fingerprint density at radius 1 is 1.50 bits per heavy atom. The van der Waals surface area contributed by atoms with E-state index in [9.17, 15) is 4.79 Å². The van der Waals surface area contributed by atoms with Gasteiger partial charge in [-0.25, -0.2) is 4.98 Å². The minimum absolute atomic E-state index is 0.0319. The highest BCUT2D eigenvalue weighted by Crippen LogP contribution is 2.12. The highest BCUT2D eigenvalue weighted by Gasteiger charge is 2.07. The van der Waals surface area contributed by atoms with Crippen LogP contribution in [0.2, 0.25) is 0 Å². The molecule has 4 heteroatoms. The summed E-state index contributed by atoms with van der Waals surface area (Å²) >= 11 is 0. The Kier molecular flexibility index (Phi) is 3.06. The molecule has 0 aliphatic rings. The van der Waals surface area contributed by atoms with Crippen molar-refractivity contribution >= 4 is 11.8 Å². The molecule has 14 heavy (non-hydrogen) atoms. The molecule has 1 N–H and O–H groups in total. The van der Waals surface area contributed by atoms with Gasteiger partial charge in [0.25, 0.3) is 0 Å². The number of aliphatic carboxylic acids is 1. The molecule has 1 aromatic rings. The second-order valence-corrected chi connectivity index (χ2v) is 3.39. The van der Waals surface area contributed by atoms with Crippen LogP contribution in [0.1, 0.15) is 11.3 Å². The van der Waals surface area contributed by atoms with Gasteiger partial charge in [0, 0.05) is 12.7 Å². The van der Waals surface area contributed by atoms with Gasteiger partial charge in [0.1, 0.15) is 12.4 Å². The lowest BCUT2D eigenvalue weighted by Gasteiger charge is -2.16. The highest BCUT2D eigenvalue weighted by molar-refractivity contribution is 5.72. The van der Waals surface area contributed by atoms with Crippen LogP contribution in [0.15, 0.2) is 12.1 Å². The molecule has 0 saturated heterocycles. The number of carboxylic acids is 1. The van der Waals surface area contributed by atoms with Gasteiger partial charge in [0.2, 0.25) is 0 Å². The number of pyridine rings is 1. The third kappa shape index (κ3) is 2.73. The van der Waals surface area contributed by atoms with Crippen molar-refractivity contribution in [2.75, 3.05) is 18.5 Å². The molecule has 0 amide bonds. The van der Waals surface area contributed by atoms with Crippen LogP contribution in [-0.2, 0) is 4.79 Å². The van der Waals surface area contributed by atoms with Crippen LogP contribution in [0, 0.1) is 13.8 Å². The summed E-state index contributed by atoms with van der Waals surface area (Å²) in [6.45, 7) is 3.83. The fourth-order valence-corrected chi connectivity index (χ4v) is 1.30. The zero-order valence-electron chi connectivity index (χ0n) is 8.61. The summed E-state index contributed by atoms with van der Waals surface area (Å²) in [5.41, 5.74) is 1.99. The molecular weight excluding hydrogens is 180 g/mol. The summed E-state index contributed by atoms with van der Waals surface area (Å²) in [5.74, 6) is -0.154. The van der Waals surface area contributed by atoms with Crippen molar-refractivity contribution in [1.29, 1.82) is 0 Å². The first kappa shape index (κ1) is 10.5. The van der Waals surface area contributed by atoms with E-state index >= 15 is 0 Å². The summed E-state index contributed by atoms with van der Waals surface area (Å²) < 4.78 is 0. The number of carbonyl (C=O) groups is 1. The molecule has 0 aliphatic carbocycles. The number of likely N-dealkylation sites (N-methyl/N-ethyl adjacent to an activating group) is 1. The number of nitrogens with zero attached hydrogens (tertiary/aromatic N) is 2. The lowest BCUT2D eigenvalue weighted by Crippen LogP contribution is -2.26. The van der Waals surface area contributed by atoms with Crippen molar-refractivity contribution in [3.05, 3.63) is 23.4 Å². The number of hydrogen-bond donors (Lipinski definition) is 1. The maximum absolute atomic E-state index is 10.5. The Morgan fingerprint density at radius 3 is 2.64 bits per heavy atom. The Bertz CT molecular complexity index is 330. The summed E-state index contributed by atoms with van der Waals surface area (Å²) in [6, 6.07) is 3.83. The minimum Gasteiger partial charge on any atom is -0.480 e. The molecule has 0 bridgehead atoms. The van der Waals surface area contributed by atoms with Crippen LogP contribution in [0.4, 0.5) is 5.82 Å². The molecule has 1 aromatic heterocycles. The van der Waals surface area contributed by atoms with Crippen molar-refractivity contribution in [3.63, 3.8) is 0 Å². The smallest absolute Gasteiger partial charge is 0.323 e. The molecule has 0 radical (unpaired) electrons. The first-order valence-corrected chi connectivity index (χ1v) is 4.37. The lowest BCUT2D eigenvalue weighted by atomic mass is 10.2. The molecule has 0 atom stereocenters. The zero-order chi connectivity index (χ0) is 10.7. The molecule has 1 heterocycles. The number of hydrogen-bond acceptors (Lipinski definition) is 3. The first-order valence-electron chi connectivity index (χ1n) is 4.37. The van der Waals surface area contributed by atoms with Gasteiger partial charge in [-0.15, -0.1) is 0 Å². The van der Waals surface area contributed by atoms with E-state index in [2.05, 4.69) is 4.98 Å². The molecule has 0 aliphatic heterocycles. The van der Waals surface area contributed by atoms with Crippen LogP contribution in [0.3, 0.4) is 0 Å². The van der Waals surface area contributed by atoms with E-state index in [1.165, 1.54) is 0 Å². The van der Waals surface area contributed by atoms with Gasteiger partial charge < -0.3 is 10.0 Å². The number of aryl methyl sites for hydroxylation is 2. The Balaban J connectivity index is 2.89. The fraction of sp³-hybridized carbons (Fsp3) is 0.400. The van der Waals surface area contributed by atoms with Gasteiger partial charge in [-0.2, -0.15) is 0 Å². The average molecular weight is 194 g/mol. The van der Waals surface area contributed by atoms with E-state index in [0.717, 1.165) is 11.3 Å². The van der Waals surface area contributed by atoms with Gasteiger partial charge in [-0.1, -0.05) is 0 Å². The monoisotopic (exact) mass is 194 g/mol. The predicted octanol–water partition coefficient (Wildman–Crippen LogP) is 1.22. The molecule has 0 fully saturated rings. The molecular formula is C10H14N2O2. The number of aromatic nitrogens is 1. The number of anilines is 1. The molecule has 0 unspecified atom stereocenters. The maximum Gasteiger partial charge on any atom is 0.323 e. The summed E-state index contributed by atoms with van der Waals surface area (Å²) in [7, 11) is 1.72. The first-order chi connectivity index (χ1) is 6.49. The standard InChI is InChI=1S/C10H14N2O2/c1-7-4-8(2)11-9(5-7)12(3)6-10(13)14/h4-5H,6H2,1-3H3,(H,13,14). The van der Waals surface area contributed by atoms with Gasteiger partial charge in [0.05, 0.1) is 0 Å². The molecule has 0 saturated carbocycles. The van der Waals surface area contributed by atoms with Gasteiger partial charge in [0.15, 0.2) is 0 Å². The second-order valence-electron chi connectivity index (χ2n) is 3.39. The van der Waals surface area contributed by atoms with Crippen LogP contribution >= 0.6 is 0 Å². The van der Waals surface area contributed by atoms with Crippen molar-refractivity contribution in [1.82, 2.24) is 4.98 Å². The summed E-state index contributed by atoms with van der Waals surface area (Å²) in [6.07, 6.45) is 0. The third-order valence-corrected chi connectivity index (χ3v) is 1.85. The molecule has 1 rings (SSSR count). The second kappa shape index (κ2) is 4.09. The predicted molar refractivity (Wildman–Crippen MR) is 54.6 cm³/mol. The highest BCUT2D eigenvalue weighted by atomic mass is 16.4. The van der Waals surface area contributed by atoms with Crippen molar-refractivity contribution in [3.8, 4) is 0 Å². The third-order valence-electron chi connectivity index (χ3n) is 1.85. The largest absolute Gasteiger partial charge is 0.480 e. The van der Waals surface area contributed by atoms with E-state index in [0.29, 0.717) is 5.82 Å². The van der Waals surface area contributed by atoms with Crippen molar-refractivity contribution < 1.29 is 9.90 Å². The van der Waals surface area contributed by atoms with E-state index in [4.69, 9.17) is 5.11 Å². The van der Waals surface area contributed by atoms with Gasteiger partial charge >= 0.3 is 5.97 Å². The molecule has 0 aromatic carbocycles. The molecule has 76 valence electrons. The van der Waals surface area contributed by atoms with Crippen molar-refractivity contribution in [2.45, 2.75) is 13.8 Å². The van der Waals surface area contributed by atoms with Crippen LogP contribution in [0.5, 0.6) is 0 Å². The number of carboxylic acid groups (broad SMARTS) is 1.